The van der Waals surface area contributed by atoms with E-state index in [2.05, 4.69) is 0 Å². The Morgan fingerprint density at radius 1 is 0.941 bits per heavy atom. The van der Waals surface area contributed by atoms with Crippen molar-refractivity contribution in [1.82, 2.24) is 0 Å². The van der Waals surface area contributed by atoms with Gasteiger partial charge in [-0.2, -0.15) is 0 Å². The van der Waals surface area contributed by atoms with Gasteiger partial charge < -0.3 is 9.64 Å². The fourth-order valence-electron chi connectivity index (χ4n) is 4.12. The van der Waals surface area contributed by atoms with Crippen LogP contribution in [0, 0.1) is 0 Å². The van der Waals surface area contributed by atoms with E-state index in [-0.39, 0.29) is 5.91 Å². The number of hydrogen-bond donors (Lipinski definition) is 0. The average molecular weight is 487 g/mol. The van der Waals surface area contributed by atoms with E-state index in [1.807, 2.05) is 95.2 Å². The summed E-state index contributed by atoms with van der Waals surface area (Å²) >= 11 is 7.75. The first-order valence-corrected chi connectivity index (χ1v) is 12.3. The lowest BCUT2D eigenvalue weighted by molar-refractivity contribution is -0.119. The van der Waals surface area contributed by atoms with Crippen LogP contribution in [-0.4, -0.2) is 24.8 Å². The number of thiophene rings is 1. The highest BCUT2D eigenvalue weighted by Crippen LogP contribution is 2.35. The Morgan fingerprint density at radius 3 is 2.38 bits per heavy atom. The monoisotopic (exact) mass is 486 g/mol. The van der Waals surface area contributed by atoms with Crippen molar-refractivity contribution in [2.45, 2.75) is 19.0 Å². The number of hydrogen-bond acceptors (Lipinski definition) is 4. The molecule has 3 aromatic carbocycles. The number of carbonyl (C=O) groups excluding carboxylic acids is 1. The van der Waals surface area contributed by atoms with Crippen LogP contribution < -0.4 is 9.64 Å². The highest BCUT2D eigenvalue weighted by atomic mass is 35.5. The molecule has 1 amide bonds. The van der Waals surface area contributed by atoms with Crippen molar-refractivity contribution in [3.63, 3.8) is 0 Å². The number of fused-ring (bicyclic) bond motifs is 1. The van der Waals surface area contributed by atoms with Crippen molar-refractivity contribution in [3.8, 4) is 5.75 Å². The van der Waals surface area contributed by atoms with Crippen LogP contribution in [0.15, 0.2) is 95.3 Å². The number of rotatable bonds is 6. The maximum Gasteiger partial charge on any atom is 0.252 e. The number of aliphatic imine (C=N–C) groups is 1. The lowest BCUT2D eigenvalue weighted by Crippen LogP contribution is -2.38. The molecule has 0 radical (unpaired) electrons. The van der Waals surface area contributed by atoms with Crippen LogP contribution in [0.25, 0.3) is 0 Å². The summed E-state index contributed by atoms with van der Waals surface area (Å²) in [5.74, 6) is 0.778. The van der Waals surface area contributed by atoms with Crippen LogP contribution >= 0.6 is 22.9 Å². The molecule has 4 aromatic rings. The van der Waals surface area contributed by atoms with Gasteiger partial charge in [-0.3, -0.25) is 9.79 Å². The molecule has 0 unspecified atom stereocenters. The minimum atomic E-state index is -0.536. The average Bonchev–Trinajstić information content (AvgIpc) is 3.32. The molecule has 2 heterocycles. The van der Waals surface area contributed by atoms with Crippen LogP contribution in [0.5, 0.6) is 5.75 Å². The highest BCUT2D eigenvalue weighted by molar-refractivity contribution is 7.13. The molecule has 0 aliphatic carbocycles. The second-order valence-corrected chi connectivity index (χ2v) is 9.45. The Morgan fingerprint density at radius 2 is 1.68 bits per heavy atom. The second-order valence-electron chi connectivity index (χ2n) is 8.10. The van der Waals surface area contributed by atoms with Gasteiger partial charge in [0.15, 0.2) is 0 Å². The first kappa shape index (κ1) is 22.4. The molecule has 0 N–H and O–H groups in total. The number of amides is 1. The molecule has 34 heavy (non-hydrogen) atoms. The SMILES string of the molecule is COc1ccc(CN2C(=O)[C@H](Cc3ccccc3)N=C(c3ccc(Cl)cc3)c3sccc32)cc1. The zero-order valence-corrected chi connectivity index (χ0v) is 20.2. The van der Waals surface area contributed by atoms with Gasteiger partial charge >= 0.3 is 0 Å². The number of carbonyl (C=O) groups is 1. The van der Waals surface area contributed by atoms with Gasteiger partial charge in [0, 0.05) is 17.0 Å². The first-order chi connectivity index (χ1) is 16.6. The standard InChI is InChI=1S/C28H23ClN2O2S/c1-33-23-13-7-20(8-14-23)18-31-25-15-16-34-27(25)26(21-9-11-22(29)12-10-21)30-24(28(31)32)17-19-5-3-2-4-6-19/h2-16,24H,17-18H2,1H3/t24-/m0/s1. The van der Waals surface area contributed by atoms with E-state index in [0.29, 0.717) is 18.0 Å². The minimum absolute atomic E-state index is 0.0108. The summed E-state index contributed by atoms with van der Waals surface area (Å²) in [6.07, 6.45) is 0.533. The van der Waals surface area contributed by atoms with Gasteiger partial charge in [0.1, 0.15) is 11.8 Å². The third-order valence-corrected chi connectivity index (χ3v) is 7.04. The van der Waals surface area contributed by atoms with Gasteiger partial charge in [-0.05, 0) is 46.8 Å². The molecule has 5 rings (SSSR count). The van der Waals surface area contributed by atoms with Crippen LogP contribution in [0.4, 0.5) is 5.69 Å². The van der Waals surface area contributed by atoms with Gasteiger partial charge in [-0.1, -0.05) is 66.2 Å². The Labute approximate surface area is 208 Å². The lowest BCUT2D eigenvalue weighted by Gasteiger charge is -2.24. The molecule has 170 valence electrons. The molecule has 6 heteroatoms. The van der Waals surface area contributed by atoms with Gasteiger partial charge in [-0.25, -0.2) is 0 Å². The summed E-state index contributed by atoms with van der Waals surface area (Å²) in [4.78, 5) is 21.9. The van der Waals surface area contributed by atoms with Crippen molar-refractivity contribution in [3.05, 3.63) is 117 Å². The third kappa shape index (κ3) is 4.63. The maximum absolute atomic E-state index is 13.9. The van der Waals surface area contributed by atoms with Gasteiger partial charge in [0.25, 0.3) is 5.91 Å². The lowest BCUT2D eigenvalue weighted by atomic mass is 10.0. The molecular weight excluding hydrogens is 464 g/mol. The fourth-order valence-corrected chi connectivity index (χ4v) is 5.16. The fraction of sp³-hybridized carbons (Fsp3) is 0.143. The number of nitrogens with zero attached hydrogens (tertiary/aromatic N) is 2. The smallest absolute Gasteiger partial charge is 0.252 e. The zero-order chi connectivity index (χ0) is 23.5. The van der Waals surface area contributed by atoms with E-state index in [4.69, 9.17) is 21.3 Å². The van der Waals surface area contributed by atoms with Gasteiger partial charge in [0.2, 0.25) is 0 Å². The Hall–Kier alpha value is -3.41. The molecule has 1 aliphatic heterocycles. The number of anilines is 1. The van der Waals surface area contributed by atoms with E-state index < -0.39 is 6.04 Å². The van der Waals surface area contributed by atoms with Crippen molar-refractivity contribution in [1.29, 1.82) is 0 Å². The van der Waals surface area contributed by atoms with E-state index >= 15 is 0 Å². The number of ether oxygens (including phenoxy) is 1. The molecule has 0 spiro atoms. The van der Waals surface area contributed by atoms with Crippen LogP contribution in [-0.2, 0) is 17.8 Å². The molecule has 0 saturated carbocycles. The van der Waals surface area contributed by atoms with Gasteiger partial charge in [0.05, 0.1) is 29.9 Å². The third-order valence-electron chi connectivity index (χ3n) is 5.88. The van der Waals surface area contributed by atoms with Crippen LogP contribution in [0.1, 0.15) is 21.6 Å². The summed E-state index contributed by atoms with van der Waals surface area (Å²) in [6, 6.07) is 27.0. The van der Waals surface area contributed by atoms with Crippen LogP contribution in [0.3, 0.4) is 0 Å². The number of halogens is 1. The molecule has 0 fully saturated rings. The maximum atomic E-state index is 13.9. The van der Waals surface area contributed by atoms with E-state index in [1.54, 1.807) is 18.4 Å². The van der Waals surface area contributed by atoms with Crippen LogP contribution in [0.2, 0.25) is 5.02 Å². The Kier molecular flexibility index (Phi) is 6.48. The summed E-state index contributed by atoms with van der Waals surface area (Å²) in [7, 11) is 1.65. The minimum Gasteiger partial charge on any atom is -0.497 e. The van der Waals surface area contributed by atoms with Crippen molar-refractivity contribution >= 4 is 40.2 Å². The van der Waals surface area contributed by atoms with E-state index in [1.165, 1.54) is 0 Å². The van der Waals surface area contributed by atoms with E-state index in [9.17, 15) is 4.79 Å². The van der Waals surface area contributed by atoms with Crippen molar-refractivity contribution in [2.75, 3.05) is 12.0 Å². The summed E-state index contributed by atoms with van der Waals surface area (Å²) in [5.41, 5.74) is 4.77. The summed E-state index contributed by atoms with van der Waals surface area (Å²) in [6.45, 7) is 0.460. The quantitative estimate of drug-likeness (QED) is 0.316. The molecular formula is C28H23ClN2O2S. The molecule has 0 saturated heterocycles. The predicted molar refractivity (Wildman–Crippen MR) is 140 cm³/mol. The van der Waals surface area contributed by atoms with Crippen molar-refractivity contribution in [2.24, 2.45) is 4.99 Å². The Balaban J connectivity index is 1.58. The normalized spacial score (nSPS) is 15.5. The summed E-state index contributed by atoms with van der Waals surface area (Å²) < 4.78 is 5.29. The predicted octanol–water partition coefficient (Wildman–Crippen LogP) is 6.41. The van der Waals surface area contributed by atoms with Crippen molar-refractivity contribution < 1.29 is 9.53 Å². The summed E-state index contributed by atoms with van der Waals surface area (Å²) in [5, 5.41) is 2.68. The molecule has 1 aromatic heterocycles. The first-order valence-electron chi connectivity index (χ1n) is 11.0. The second kappa shape index (κ2) is 9.84. The topological polar surface area (TPSA) is 41.9 Å². The molecule has 1 aliphatic rings. The zero-order valence-electron chi connectivity index (χ0n) is 18.6. The molecule has 4 nitrogen and oxygen atoms in total. The number of methoxy groups -OCH3 is 1. The van der Waals surface area contributed by atoms with Gasteiger partial charge in [-0.15, -0.1) is 11.3 Å². The number of benzene rings is 3. The van der Waals surface area contributed by atoms with E-state index in [0.717, 1.165) is 38.7 Å². The highest BCUT2D eigenvalue weighted by Gasteiger charge is 2.33. The Bertz CT molecular complexity index is 1310. The molecule has 1 atom stereocenters. The molecule has 0 bridgehead atoms. The largest absolute Gasteiger partial charge is 0.497 e.